The van der Waals surface area contributed by atoms with Crippen LogP contribution in [0.25, 0.3) is 0 Å². The van der Waals surface area contributed by atoms with E-state index in [4.69, 9.17) is 0 Å². The number of benzene rings is 2. The monoisotopic (exact) mass is 285 g/mol. The van der Waals surface area contributed by atoms with Gasteiger partial charge in [0.1, 0.15) is 0 Å². The fraction of sp³-hybridized carbons (Fsp3) is 0.333. The molecule has 0 heterocycles. The molecule has 0 aromatic heterocycles. The lowest BCUT2D eigenvalue weighted by Gasteiger charge is -2.08. The third-order valence-electron chi connectivity index (χ3n) is 3.69. The molecule has 0 bridgehead atoms. The minimum absolute atomic E-state index is 0.364. The summed E-state index contributed by atoms with van der Waals surface area (Å²) in [5, 5.41) is 0. The van der Waals surface area contributed by atoms with Crippen LogP contribution >= 0.6 is 7.80 Å². The Labute approximate surface area is 122 Å². The van der Waals surface area contributed by atoms with Crippen LogP contribution in [0.4, 0.5) is 0 Å². The molecule has 0 saturated heterocycles. The van der Waals surface area contributed by atoms with Gasteiger partial charge in [-0.1, -0.05) is 79.1 Å². The Balaban J connectivity index is 1.90. The van der Waals surface area contributed by atoms with Crippen molar-refractivity contribution in [3.05, 3.63) is 71.8 Å². The molecule has 2 unspecified atom stereocenters. The number of hydrogen-bond donors (Lipinski definition) is 0. The van der Waals surface area contributed by atoms with E-state index in [2.05, 4.69) is 38.1 Å². The second kappa shape index (κ2) is 7.36. The molecule has 0 aliphatic rings. The summed E-state index contributed by atoms with van der Waals surface area (Å²) in [5.41, 5.74) is 2.56. The van der Waals surface area contributed by atoms with Crippen molar-refractivity contribution in [2.75, 3.05) is 12.3 Å². The zero-order valence-electron chi connectivity index (χ0n) is 12.2. The maximum absolute atomic E-state index is 12.4. The van der Waals surface area contributed by atoms with E-state index in [0.29, 0.717) is 11.8 Å². The Bertz CT molecular complexity index is 486. The zero-order chi connectivity index (χ0) is 14.4. The van der Waals surface area contributed by atoms with Gasteiger partial charge in [-0.05, 0) is 11.1 Å². The molecular formula is C18H22OP+. The molecule has 0 aliphatic carbocycles. The van der Waals surface area contributed by atoms with Crippen LogP contribution in [0.1, 0.15) is 36.8 Å². The molecule has 20 heavy (non-hydrogen) atoms. The van der Waals surface area contributed by atoms with Crippen LogP contribution in [0.3, 0.4) is 0 Å². The van der Waals surface area contributed by atoms with Gasteiger partial charge in [-0.2, -0.15) is 0 Å². The molecule has 0 fully saturated rings. The summed E-state index contributed by atoms with van der Waals surface area (Å²) >= 11 is 0. The Morgan fingerprint density at radius 1 is 0.750 bits per heavy atom. The van der Waals surface area contributed by atoms with Crippen LogP contribution in [-0.2, 0) is 4.57 Å². The molecule has 1 nitrogen and oxygen atoms in total. The zero-order valence-corrected chi connectivity index (χ0v) is 13.1. The molecule has 104 valence electrons. The van der Waals surface area contributed by atoms with Crippen LogP contribution in [0, 0.1) is 0 Å². The molecule has 0 radical (unpaired) electrons. The molecule has 0 amide bonds. The van der Waals surface area contributed by atoms with Crippen molar-refractivity contribution >= 4 is 7.80 Å². The van der Waals surface area contributed by atoms with E-state index in [1.807, 2.05) is 36.4 Å². The van der Waals surface area contributed by atoms with Gasteiger partial charge in [-0.3, -0.25) is 0 Å². The lowest BCUT2D eigenvalue weighted by atomic mass is 10.0. The quantitative estimate of drug-likeness (QED) is 0.647. The second-order valence-corrected chi connectivity index (χ2v) is 7.16. The van der Waals surface area contributed by atoms with E-state index >= 15 is 0 Å². The average Bonchev–Trinajstić information content (AvgIpc) is 2.49. The third kappa shape index (κ3) is 4.28. The predicted molar refractivity (Wildman–Crippen MR) is 87.1 cm³/mol. The van der Waals surface area contributed by atoms with Gasteiger partial charge in [0.25, 0.3) is 0 Å². The van der Waals surface area contributed by atoms with Crippen LogP contribution in [0.5, 0.6) is 0 Å². The van der Waals surface area contributed by atoms with Crippen molar-refractivity contribution in [2.24, 2.45) is 0 Å². The first-order chi connectivity index (χ1) is 9.66. The summed E-state index contributed by atoms with van der Waals surface area (Å²) in [6, 6.07) is 20.7. The van der Waals surface area contributed by atoms with E-state index in [9.17, 15) is 4.57 Å². The van der Waals surface area contributed by atoms with Crippen LogP contribution < -0.4 is 0 Å². The molecule has 2 heteroatoms. The van der Waals surface area contributed by atoms with Crippen LogP contribution in [0.2, 0.25) is 0 Å². The second-order valence-electron chi connectivity index (χ2n) is 5.47. The molecule has 2 atom stereocenters. The molecule has 0 saturated carbocycles. The Morgan fingerprint density at radius 3 is 1.45 bits per heavy atom. The first-order valence-electron chi connectivity index (χ1n) is 7.18. The summed E-state index contributed by atoms with van der Waals surface area (Å²) in [6.45, 7) is 4.32. The van der Waals surface area contributed by atoms with Crippen molar-refractivity contribution in [1.29, 1.82) is 0 Å². The molecule has 2 rings (SSSR count). The number of rotatable bonds is 6. The van der Waals surface area contributed by atoms with Crippen molar-refractivity contribution in [2.45, 2.75) is 25.7 Å². The highest BCUT2D eigenvalue weighted by Crippen LogP contribution is 2.34. The fourth-order valence-electron chi connectivity index (χ4n) is 2.46. The van der Waals surface area contributed by atoms with E-state index in [0.717, 1.165) is 12.3 Å². The van der Waals surface area contributed by atoms with Gasteiger partial charge >= 0.3 is 7.80 Å². The minimum atomic E-state index is -1.16. The van der Waals surface area contributed by atoms with Gasteiger partial charge in [0.05, 0.1) is 0 Å². The van der Waals surface area contributed by atoms with E-state index in [1.54, 1.807) is 0 Å². The van der Waals surface area contributed by atoms with Crippen molar-refractivity contribution in [3.8, 4) is 0 Å². The van der Waals surface area contributed by atoms with Gasteiger partial charge in [0.15, 0.2) is 12.3 Å². The Morgan fingerprint density at radius 2 is 1.10 bits per heavy atom. The summed E-state index contributed by atoms with van der Waals surface area (Å²) in [7, 11) is -1.16. The topological polar surface area (TPSA) is 17.1 Å². The van der Waals surface area contributed by atoms with Crippen molar-refractivity contribution in [3.63, 3.8) is 0 Å². The number of hydrogen-bond acceptors (Lipinski definition) is 1. The SMILES string of the molecule is CC(C[P+](=O)CC(C)c1ccccc1)c1ccccc1. The van der Waals surface area contributed by atoms with Gasteiger partial charge in [-0.15, -0.1) is 0 Å². The molecule has 0 N–H and O–H groups in total. The molecule has 2 aromatic rings. The van der Waals surface area contributed by atoms with Crippen LogP contribution in [0.15, 0.2) is 60.7 Å². The maximum Gasteiger partial charge on any atom is 0.339 e. The summed E-state index contributed by atoms with van der Waals surface area (Å²) < 4.78 is 12.4. The van der Waals surface area contributed by atoms with Crippen molar-refractivity contribution in [1.82, 2.24) is 0 Å². The van der Waals surface area contributed by atoms with Gasteiger partial charge in [0.2, 0.25) is 0 Å². The average molecular weight is 285 g/mol. The third-order valence-corrected chi connectivity index (χ3v) is 5.60. The summed E-state index contributed by atoms with van der Waals surface area (Å²) in [5.74, 6) is 0.727. The maximum atomic E-state index is 12.4. The Kier molecular flexibility index (Phi) is 5.49. The Hall–Kier alpha value is -1.46. The van der Waals surface area contributed by atoms with E-state index in [-0.39, 0.29) is 0 Å². The highest BCUT2D eigenvalue weighted by Gasteiger charge is 2.24. The molecule has 2 aromatic carbocycles. The molecule has 0 aliphatic heterocycles. The highest BCUT2D eigenvalue weighted by molar-refractivity contribution is 7.44. The largest absolute Gasteiger partial charge is 0.339 e. The van der Waals surface area contributed by atoms with E-state index in [1.165, 1.54) is 11.1 Å². The first kappa shape index (κ1) is 14.9. The van der Waals surface area contributed by atoms with Gasteiger partial charge < -0.3 is 0 Å². The fourth-order valence-corrected chi connectivity index (χ4v) is 4.25. The van der Waals surface area contributed by atoms with Crippen molar-refractivity contribution < 1.29 is 4.57 Å². The lowest BCUT2D eigenvalue weighted by Crippen LogP contribution is -2.02. The van der Waals surface area contributed by atoms with Gasteiger partial charge in [-0.25, -0.2) is 0 Å². The first-order valence-corrected chi connectivity index (χ1v) is 8.82. The summed E-state index contributed by atoms with van der Waals surface area (Å²) in [6.07, 6.45) is 1.55. The normalized spacial score (nSPS) is 14.6. The smallest absolute Gasteiger partial charge is 0.0748 e. The van der Waals surface area contributed by atoms with E-state index < -0.39 is 7.80 Å². The van der Waals surface area contributed by atoms with Gasteiger partial charge in [0, 0.05) is 11.8 Å². The molecule has 0 spiro atoms. The van der Waals surface area contributed by atoms with Crippen LogP contribution in [-0.4, -0.2) is 12.3 Å². The lowest BCUT2D eigenvalue weighted by molar-refractivity contribution is 0.581. The highest BCUT2D eigenvalue weighted by atomic mass is 31.1. The minimum Gasteiger partial charge on any atom is -0.0748 e. The predicted octanol–water partition coefficient (Wildman–Crippen LogP) is 5.42. The summed E-state index contributed by atoms with van der Waals surface area (Å²) in [4.78, 5) is 0. The standard InChI is InChI=1S/C18H22OP/c1-15(17-9-5-3-6-10-17)13-20(19)14-16(2)18-11-7-4-8-12-18/h3-12,15-16H,13-14H2,1-2H3/q+1. The molecular weight excluding hydrogens is 263 g/mol.